The lowest BCUT2D eigenvalue weighted by Gasteiger charge is -2.19. The lowest BCUT2D eigenvalue weighted by Crippen LogP contribution is -2.29. The van der Waals surface area contributed by atoms with Gasteiger partial charge in [0.15, 0.2) is 11.6 Å². The molecular weight excluding hydrogens is 422 g/mol. The summed E-state index contributed by atoms with van der Waals surface area (Å²) in [5.74, 6) is -1.97. The van der Waals surface area contributed by atoms with Crippen LogP contribution >= 0.6 is 0 Å². The quantitative estimate of drug-likeness (QED) is 0.441. The molecule has 0 saturated carbocycles. The van der Waals surface area contributed by atoms with Crippen molar-refractivity contribution >= 4 is 20.9 Å². The second-order valence-corrected chi connectivity index (χ2v) is 8.81. The number of nitrogens with one attached hydrogen (secondary N) is 2. The van der Waals surface area contributed by atoms with Crippen LogP contribution in [-0.2, 0) is 10.0 Å². The number of aromatic amines is 1. The van der Waals surface area contributed by atoms with Crippen molar-refractivity contribution in [3.63, 3.8) is 0 Å². The van der Waals surface area contributed by atoms with Gasteiger partial charge < -0.3 is 9.72 Å². The third kappa shape index (κ3) is 4.30. The zero-order valence-electron chi connectivity index (χ0n) is 16.6. The highest BCUT2D eigenvalue weighted by molar-refractivity contribution is 7.89. The van der Waals surface area contributed by atoms with Crippen LogP contribution in [0.2, 0.25) is 0 Å². The fourth-order valence-electron chi connectivity index (χ4n) is 3.55. The van der Waals surface area contributed by atoms with Crippen LogP contribution in [0.4, 0.5) is 8.78 Å². The Morgan fingerprint density at radius 3 is 2.45 bits per heavy atom. The van der Waals surface area contributed by atoms with E-state index >= 15 is 0 Å². The Balaban J connectivity index is 1.69. The number of rotatable bonds is 7. The Morgan fingerprint density at radius 2 is 1.74 bits per heavy atom. The van der Waals surface area contributed by atoms with Crippen LogP contribution in [0, 0.1) is 11.6 Å². The molecule has 1 atom stereocenters. The Kier molecular flexibility index (Phi) is 5.75. The van der Waals surface area contributed by atoms with Crippen molar-refractivity contribution in [2.45, 2.75) is 10.8 Å². The molecule has 0 aliphatic carbocycles. The topological polar surface area (TPSA) is 71.2 Å². The molecule has 0 fully saturated rings. The van der Waals surface area contributed by atoms with Gasteiger partial charge in [-0.1, -0.05) is 30.3 Å². The van der Waals surface area contributed by atoms with Crippen LogP contribution in [0.15, 0.2) is 77.8 Å². The molecule has 4 rings (SSSR count). The maximum absolute atomic E-state index is 13.6. The number of para-hydroxylation sites is 1. The lowest BCUT2D eigenvalue weighted by molar-refractivity contribution is 0.414. The fraction of sp³-hybridized carbons (Fsp3) is 0.130. The molecular formula is C23H20F2N2O3S. The second kappa shape index (κ2) is 8.49. The molecule has 1 unspecified atom stereocenters. The van der Waals surface area contributed by atoms with Crippen molar-refractivity contribution < 1.29 is 21.9 Å². The fourth-order valence-corrected chi connectivity index (χ4v) is 4.60. The molecule has 0 saturated heterocycles. The predicted molar refractivity (Wildman–Crippen MR) is 115 cm³/mol. The van der Waals surface area contributed by atoms with Gasteiger partial charge in [0.25, 0.3) is 0 Å². The van der Waals surface area contributed by atoms with E-state index in [1.165, 1.54) is 0 Å². The molecule has 1 heterocycles. The first-order valence-corrected chi connectivity index (χ1v) is 11.0. The number of H-pyrrole nitrogens is 1. The van der Waals surface area contributed by atoms with Crippen molar-refractivity contribution in [3.8, 4) is 5.75 Å². The van der Waals surface area contributed by atoms with Gasteiger partial charge in [-0.25, -0.2) is 21.9 Å². The third-order valence-corrected chi connectivity index (χ3v) is 6.61. The van der Waals surface area contributed by atoms with Crippen molar-refractivity contribution in [1.82, 2.24) is 9.71 Å². The zero-order valence-corrected chi connectivity index (χ0v) is 17.4. The van der Waals surface area contributed by atoms with Gasteiger partial charge in [-0.3, -0.25) is 0 Å². The Morgan fingerprint density at radius 1 is 1.00 bits per heavy atom. The average molecular weight is 442 g/mol. The molecule has 0 aliphatic rings. The third-order valence-electron chi connectivity index (χ3n) is 5.19. The maximum Gasteiger partial charge on any atom is 0.240 e. The van der Waals surface area contributed by atoms with Gasteiger partial charge in [-0.2, -0.15) is 0 Å². The van der Waals surface area contributed by atoms with Gasteiger partial charge >= 0.3 is 0 Å². The number of hydrogen-bond acceptors (Lipinski definition) is 3. The minimum absolute atomic E-state index is 0.0233. The molecule has 31 heavy (non-hydrogen) atoms. The Hall–Kier alpha value is -3.23. The highest BCUT2D eigenvalue weighted by Crippen LogP contribution is 2.31. The molecule has 5 nitrogen and oxygen atoms in total. The first-order chi connectivity index (χ1) is 14.9. The van der Waals surface area contributed by atoms with Crippen LogP contribution in [0.5, 0.6) is 5.75 Å². The molecule has 8 heteroatoms. The Labute approximate surface area is 178 Å². The first-order valence-electron chi connectivity index (χ1n) is 9.54. The van der Waals surface area contributed by atoms with Crippen LogP contribution in [0.3, 0.4) is 0 Å². The van der Waals surface area contributed by atoms with Crippen molar-refractivity contribution in [1.29, 1.82) is 0 Å². The second-order valence-electron chi connectivity index (χ2n) is 7.04. The van der Waals surface area contributed by atoms with E-state index in [0.717, 1.165) is 34.2 Å². The van der Waals surface area contributed by atoms with E-state index in [1.54, 1.807) is 19.2 Å². The SMILES string of the molecule is COc1ccc(C(CNS(=O)(=O)c2ccc(F)c(F)c2)c2c[nH]c3ccccc23)cc1. The van der Waals surface area contributed by atoms with Gasteiger partial charge in [0.05, 0.1) is 12.0 Å². The number of halogens is 2. The van der Waals surface area contributed by atoms with E-state index in [4.69, 9.17) is 4.74 Å². The number of sulfonamides is 1. The standard InChI is InChI=1S/C23H20F2N2O3S/c1-30-16-8-6-15(7-9-16)19(20-13-26-23-5-3-2-4-18(20)23)14-27-31(28,29)17-10-11-21(24)22(25)12-17/h2-13,19,26-27H,14H2,1H3. The summed E-state index contributed by atoms with van der Waals surface area (Å²) in [4.78, 5) is 2.88. The molecule has 0 aliphatic heterocycles. The molecule has 3 aromatic carbocycles. The minimum Gasteiger partial charge on any atom is -0.497 e. The van der Waals surface area contributed by atoms with E-state index in [1.807, 2.05) is 42.6 Å². The van der Waals surface area contributed by atoms with Crippen molar-refractivity contribution in [3.05, 3.63) is 95.7 Å². The predicted octanol–water partition coefficient (Wildman–Crippen LogP) is 4.57. The number of hydrogen-bond donors (Lipinski definition) is 2. The Bertz CT molecular complexity index is 1320. The van der Waals surface area contributed by atoms with Gasteiger partial charge in [0.1, 0.15) is 5.75 Å². The van der Waals surface area contributed by atoms with Crippen LogP contribution in [0.25, 0.3) is 10.9 Å². The summed E-state index contributed by atoms with van der Waals surface area (Å²) in [5, 5.41) is 0.968. The van der Waals surface area contributed by atoms with Gasteiger partial charge in [0.2, 0.25) is 10.0 Å². The molecule has 2 N–H and O–H groups in total. The van der Waals surface area contributed by atoms with Crippen molar-refractivity contribution in [2.24, 2.45) is 0 Å². The molecule has 0 radical (unpaired) electrons. The van der Waals surface area contributed by atoms with Gasteiger partial charge in [-0.15, -0.1) is 0 Å². The molecule has 4 aromatic rings. The largest absolute Gasteiger partial charge is 0.497 e. The van der Waals surface area contributed by atoms with E-state index in [0.29, 0.717) is 11.8 Å². The van der Waals surface area contributed by atoms with E-state index < -0.39 is 21.7 Å². The van der Waals surface area contributed by atoms with Gasteiger partial charge in [0, 0.05) is 29.6 Å². The monoisotopic (exact) mass is 442 g/mol. The number of methoxy groups -OCH3 is 1. The highest BCUT2D eigenvalue weighted by Gasteiger charge is 2.23. The number of aromatic nitrogens is 1. The van der Waals surface area contributed by atoms with Gasteiger partial charge in [-0.05, 0) is 47.5 Å². The lowest BCUT2D eigenvalue weighted by atomic mass is 9.91. The van der Waals surface area contributed by atoms with Crippen LogP contribution < -0.4 is 9.46 Å². The smallest absolute Gasteiger partial charge is 0.240 e. The summed E-state index contributed by atoms with van der Waals surface area (Å²) in [6, 6.07) is 17.6. The molecule has 1 aromatic heterocycles. The van der Waals surface area contributed by atoms with E-state index in [2.05, 4.69) is 9.71 Å². The van der Waals surface area contributed by atoms with E-state index in [-0.39, 0.29) is 17.4 Å². The molecule has 0 spiro atoms. The number of fused-ring (bicyclic) bond motifs is 1. The summed E-state index contributed by atoms with van der Waals surface area (Å²) in [5.41, 5.74) is 2.71. The average Bonchev–Trinajstić information content (AvgIpc) is 3.20. The maximum atomic E-state index is 13.6. The van der Waals surface area contributed by atoms with E-state index in [9.17, 15) is 17.2 Å². The molecule has 0 bridgehead atoms. The van der Waals surface area contributed by atoms with Crippen molar-refractivity contribution in [2.75, 3.05) is 13.7 Å². The normalized spacial score (nSPS) is 12.7. The summed E-state index contributed by atoms with van der Waals surface area (Å²) >= 11 is 0. The number of benzene rings is 3. The molecule has 160 valence electrons. The highest BCUT2D eigenvalue weighted by atomic mass is 32.2. The van der Waals surface area contributed by atoms with Crippen LogP contribution in [0.1, 0.15) is 17.0 Å². The minimum atomic E-state index is -4.05. The summed E-state index contributed by atoms with van der Waals surface area (Å²) in [6.45, 7) is 0.0233. The zero-order chi connectivity index (χ0) is 22.0. The summed E-state index contributed by atoms with van der Waals surface area (Å²) in [6.07, 6.45) is 1.85. The summed E-state index contributed by atoms with van der Waals surface area (Å²) in [7, 11) is -2.48. The summed E-state index contributed by atoms with van der Waals surface area (Å²) < 4.78 is 60.0. The first kappa shape index (κ1) is 21.0. The molecule has 0 amide bonds. The van der Waals surface area contributed by atoms with Crippen LogP contribution in [-0.4, -0.2) is 27.1 Å². The number of ether oxygens (including phenoxy) is 1.